The first-order valence-corrected chi connectivity index (χ1v) is 8.06. The molecule has 0 saturated carbocycles. The van der Waals surface area contributed by atoms with Crippen molar-refractivity contribution in [2.24, 2.45) is 0 Å². The lowest BCUT2D eigenvalue weighted by Gasteiger charge is -2.32. The second-order valence-electron chi connectivity index (χ2n) is 5.81. The molecule has 1 fully saturated rings. The SMILES string of the molecule is Cc1cc(NC2CCN(CC(=O)N(C)C)CC2)cnc1Br. The smallest absolute Gasteiger partial charge is 0.236 e. The molecule has 0 unspecified atom stereocenters. The molecule has 1 saturated heterocycles. The topological polar surface area (TPSA) is 48.5 Å². The molecule has 116 valence electrons. The summed E-state index contributed by atoms with van der Waals surface area (Å²) in [5, 5.41) is 3.54. The lowest BCUT2D eigenvalue weighted by molar-refractivity contribution is -0.130. The van der Waals surface area contributed by atoms with Crippen LogP contribution in [0.3, 0.4) is 0 Å². The molecule has 0 aliphatic carbocycles. The maximum Gasteiger partial charge on any atom is 0.236 e. The Bertz CT molecular complexity index is 498. The van der Waals surface area contributed by atoms with Crippen LogP contribution in [-0.4, -0.2) is 60.5 Å². The standard InChI is InChI=1S/C15H23BrN4O/c1-11-8-13(9-17-15(11)16)18-12-4-6-20(7-5-12)10-14(21)19(2)3/h8-9,12,18H,4-7,10H2,1-3H3. The number of pyridine rings is 1. The number of likely N-dealkylation sites (N-methyl/N-ethyl adjacent to an activating group) is 1. The number of piperidine rings is 1. The molecule has 21 heavy (non-hydrogen) atoms. The molecule has 1 aromatic rings. The van der Waals surface area contributed by atoms with Crippen molar-refractivity contribution in [3.63, 3.8) is 0 Å². The minimum absolute atomic E-state index is 0.175. The highest BCUT2D eigenvalue weighted by molar-refractivity contribution is 9.10. The number of carbonyl (C=O) groups is 1. The fourth-order valence-corrected chi connectivity index (χ4v) is 2.66. The number of aromatic nitrogens is 1. The van der Waals surface area contributed by atoms with Crippen molar-refractivity contribution in [2.45, 2.75) is 25.8 Å². The average molecular weight is 355 g/mol. The van der Waals surface area contributed by atoms with E-state index in [1.807, 2.05) is 13.1 Å². The van der Waals surface area contributed by atoms with E-state index in [0.29, 0.717) is 12.6 Å². The Balaban J connectivity index is 1.81. The maximum absolute atomic E-state index is 11.7. The molecule has 1 aromatic heterocycles. The third kappa shape index (κ3) is 4.68. The van der Waals surface area contributed by atoms with E-state index in [4.69, 9.17) is 0 Å². The zero-order valence-electron chi connectivity index (χ0n) is 12.9. The third-order valence-electron chi connectivity index (χ3n) is 3.83. The number of hydrogen-bond acceptors (Lipinski definition) is 4. The van der Waals surface area contributed by atoms with Gasteiger partial charge in [-0.25, -0.2) is 4.98 Å². The molecule has 0 bridgehead atoms. The van der Waals surface area contributed by atoms with Gasteiger partial charge in [0.1, 0.15) is 4.60 Å². The number of carbonyl (C=O) groups excluding carboxylic acids is 1. The summed E-state index contributed by atoms with van der Waals surface area (Å²) >= 11 is 3.42. The Morgan fingerprint density at radius 1 is 1.48 bits per heavy atom. The molecule has 1 amide bonds. The number of aryl methyl sites for hydroxylation is 1. The summed E-state index contributed by atoms with van der Waals surface area (Å²) in [7, 11) is 3.61. The molecule has 0 radical (unpaired) electrons. The summed E-state index contributed by atoms with van der Waals surface area (Å²) in [5.41, 5.74) is 2.20. The summed E-state index contributed by atoms with van der Waals surface area (Å²) in [6, 6.07) is 2.57. The number of rotatable bonds is 4. The fourth-order valence-electron chi connectivity index (χ4n) is 2.44. The van der Waals surface area contributed by atoms with Crippen LogP contribution in [-0.2, 0) is 4.79 Å². The third-order valence-corrected chi connectivity index (χ3v) is 4.66. The van der Waals surface area contributed by atoms with Crippen molar-refractivity contribution < 1.29 is 4.79 Å². The Kier molecular flexibility index (Phi) is 5.58. The summed E-state index contributed by atoms with van der Waals surface area (Å²) in [6.07, 6.45) is 3.96. The predicted octanol–water partition coefficient (Wildman–Crippen LogP) is 2.12. The molecule has 0 aromatic carbocycles. The first-order chi connectivity index (χ1) is 9.95. The van der Waals surface area contributed by atoms with E-state index < -0.39 is 0 Å². The van der Waals surface area contributed by atoms with E-state index in [-0.39, 0.29) is 5.91 Å². The predicted molar refractivity (Wildman–Crippen MR) is 88.5 cm³/mol. The number of hydrogen-bond donors (Lipinski definition) is 1. The van der Waals surface area contributed by atoms with Gasteiger partial charge >= 0.3 is 0 Å². The summed E-state index contributed by atoms with van der Waals surface area (Å²) in [4.78, 5) is 19.9. The van der Waals surface area contributed by atoms with E-state index in [9.17, 15) is 4.79 Å². The van der Waals surface area contributed by atoms with Crippen LogP contribution in [0.5, 0.6) is 0 Å². The van der Waals surface area contributed by atoms with Crippen LogP contribution in [0.2, 0.25) is 0 Å². The lowest BCUT2D eigenvalue weighted by Crippen LogP contribution is -2.43. The van der Waals surface area contributed by atoms with Crippen molar-refractivity contribution in [1.29, 1.82) is 0 Å². The Hall–Kier alpha value is -1.14. The van der Waals surface area contributed by atoms with Crippen molar-refractivity contribution in [3.05, 3.63) is 22.4 Å². The highest BCUT2D eigenvalue weighted by atomic mass is 79.9. The molecule has 6 heteroatoms. The van der Waals surface area contributed by atoms with E-state index >= 15 is 0 Å². The monoisotopic (exact) mass is 354 g/mol. The van der Waals surface area contributed by atoms with E-state index in [1.54, 1.807) is 19.0 Å². The van der Waals surface area contributed by atoms with Crippen LogP contribution in [0.1, 0.15) is 18.4 Å². The number of anilines is 1. The van der Waals surface area contributed by atoms with Crippen LogP contribution >= 0.6 is 15.9 Å². The molecule has 0 spiro atoms. The van der Waals surface area contributed by atoms with E-state index in [1.165, 1.54) is 0 Å². The minimum Gasteiger partial charge on any atom is -0.381 e. The van der Waals surface area contributed by atoms with Gasteiger partial charge in [0.2, 0.25) is 5.91 Å². The molecule has 1 N–H and O–H groups in total. The highest BCUT2D eigenvalue weighted by Gasteiger charge is 2.21. The zero-order valence-corrected chi connectivity index (χ0v) is 14.5. The average Bonchev–Trinajstić information content (AvgIpc) is 2.45. The van der Waals surface area contributed by atoms with E-state index in [2.05, 4.69) is 37.2 Å². The second kappa shape index (κ2) is 7.22. The van der Waals surface area contributed by atoms with Gasteiger partial charge in [-0.15, -0.1) is 0 Å². The van der Waals surface area contributed by atoms with Crippen LogP contribution < -0.4 is 5.32 Å². The minimum atomic E-state index is 0.175. The molecule has 1 aliphatic rings. The number of likely N-dealkylation sites (tertiary alicyclic amines) is 1. The van der Waals surface area contributed by atoms with E-state index in [0.717, 1.165) is 41.8 Å². The van der Waals surface area contributed by atoms with Crippen LogP contribution in [0.15, 0.2) is 16.9 Å². The molecule has 2 heterocycles. The largest absolute Gasteiger partial charge is 0.381 e. The Morgan fingerprint density at radius 2 is 2.14 bits per heavy atom. The van der Waals surface area contributed by atoms with Crippen LogP contribution in [0.4, 0.5) is 5.69 Å². The number of nitrogens with zero attached hydrogens (tertiary/aromatic N) is 3. The van der Waals surface area contributed by atoms with Crippen LogP contribution in [0, 0.1) is 6.92 Å². The van der Waals surface area contributed by atoms with Gasteiger partial charge in [-0.1, -0.05) is 0 Å². The van der Waals surface area contributed by atoms with Gasteiger partial charge in [-0.3, -0.25) is 9.69 Å². The van der Waals surface area contributed by atoms with Crippen molar-refractivity contribution >= 4 is 27.5 Å². The first kappa shape index (κ1) is 16.2. The quantitative estimate of drug-likeness (QED) is 0.841. The van der Waals surface area contributed by atoms with Gasteiger partial charge in [0.15, 0.2) is 0 Å². The number of halogens is 1. The van der Waals surface area contributed by atoms with Gasteiger partial charge in [-0.05, 0) is 47.3 Å². The van der Waals surface area contributed by atoms with Crippen molar-refractivity contribution in [3.8, 4) is 0 Å². The maximum atomic E-state index is 11.7. The molecular formula is C15H23BrN4O. The second-order valence-corrected chi connectivity index (χ2v) is 6.57. The summed E-state index contributed by atoms with van der Waals surface area (Å²) < 4.78 is 0.894. The first-order valence-electron chi connectivity index (χ1n) is 7.27. The van der Waals surface area contributed by atoms with Gasteiger partial charge in [-0.2, -0.15) is 0 Å². The van der Waals surface area contributed by atoms with Gasteiger partial charge in [0.05, 0.1) is 18.4 Å². The molecular weight excluding hydrogens is 332 g/mol. The number of nitrogens with one attached hydrogen (secondary N) is 1. The Morgan fingerprint density at radius 3 is 2.71 bits per heavy atom. The van der Waals surface area contributed by atoms with Crippen molar-refractivity contribution in [2.75, 3.05) is 39.0 Å². The molecule has 1 aliphatic heterocycles. The molecule has 2 rings (SSSR count). The lowest BCUT2D eigenvalue weighted by atomic mass is 10.0. The fraction of sp³-hybridized carbons (Fsp3) is 0.600. The van der Waals surface area contributed by atoms with Gasteiger partial charge in [0, 0.05) is 33.2 Å². The number of amides is 1. The Labute approximate surface area is 134 Å². The molecule has 0 atom stereocenters. The normalized spacial score (nSPS) is 16.8. The zero-order chi connectivity index (χ0) is 15.4. The van der Waals surface area contributed by atoms with Crippen LogP contribution in [0.25, 0.3) is 0 Å². The van der Waals surface area contributed by atoms with Crippen molar-refractivity contribution in [1.82, 2.24) is 14.8 Å². The summed E-state index contributed by atoms with van der Waals surface area (Å²) in [6.45, 7) is 4.48. The highest BCUT2D eigenvalue weighted by Crippen LogP contribution is 2.20. The molecule has 5 nitrogen and oxygen atoms in total. The van der Waals surface area contributed by atoms with Gasteiger partial charge in [0.25, 0.3) is 0 Å². The van der Waals surface area contributed by atoms with Gasteiger partial charge < -0.3 is 10.2 Å². The summed E-state index contributed by atoms with van der Waals surface area (Å²) in [5.74, 6) is 0.175.